The van der Waals surface area contributed by atoms with E-state index in [1.54, 1.807) is 16.9 Å². The van der Waals surface area contributed by atoms with Gasteiger partial charge in [0.25, 0.3) is 5.91 Å². The highest BCUT2D eigenvalue weighted by atomic mass is 16.5. The van der Waals surface area contributed by atoms with Gasteiger partial charge in [-0.25, -0.2) is 9.69 Å². The first-order valence-electron chi connectivity index (χ1n) is 8.93. The van der Waals surface area contributed by atoms with Crippen LogP contribution in [-0.4, -0.2) is 43.1 Å². The van der Waals surface area contributed by atoms with Crippen molar-refractivity contribution in [2.45, 2.75) is 32.9 Å². The van der Waals surface area contributed by atoms with Crippen molar-refractivity contribution in [1.29, 1.82) is 0 Å². The molecule has 0 bridgehead atoms. The van der Waals surface area contributed by atoms with Crippen LogP contribution in [0, 0.1) is 13.8 Å². The zero-order chi connectivity index (χ0) is 20.7. The van der Waals surface area contributed by atoms with Crippen LogP contribution in [0.1, 0.15) is 22.6 Å². The summed E-state index contributed by atoms with van der Waals surface area (Å²) >= 11 is 0. The van der Waals surface area contributed by atoms with Crippen LogP contribution in [0.4, 0.5) is 10.5 Å². The highest BCUT2D eigenvalue weighted by molar-refractivity contribution is 6.21. The Hall–Kier alpha value is -3.82. The second-order valence-corrected chi connectivity index (χ2v) is 6.90. The van der Waals surface area contributed by atoms with Crippen LogP contribution in [0.25, 0.3) is 0 Å². The Morgan fingerprint density at radius 2 is 2.00 bits per heavy atom. The average Bonchev–Trinajstić information content (AvgIpc) is 3.33. The van der Waals surface area contributed by atoms with Crippen molar-refractivity contribution < 1.29 is 24.3 Å². The average molecular weight is 397 g/mol. The number of anilines is 1. The number of carbonyl (C=O) groups excluding carboxylic acids is 2. The third-order valence-electron chi connectivity index (χ3n) is 4.88. The Morgan fingerprint density at radius 3 is 2.69 bits per heavy atom. The normalized spacial score (nSPS) is 16.5. The van der Waals surface area contributed by atoms with Crippen LogP contribution < -0.4 is 10.2 Å². The quantitative estimate of drug-likeness (QED) is 0.440. The number of nitrogens with zero attached hydrogens (tertiary/aromatic N) is 4. The molecule has 10 heteroatoms. The predicted molar refractivity (Wildman–Crippen MR) is 101 cm³/mol. The molecule has 0 saturated carbocycles. The van der Waals surface area contributed by atoms with Crippen molar-refractivity contribution in [3.63, 3.8) is 0 Å². The summed E-state index contributed by atoms with van der Waals surface area (Å²) in [5.41, 5.74) is 2.61. The summed E-state index contributed by atoms with van der Waals surface area (Å²) in [6.45, 7) is 4.04. The van der Waals surface area contributed by atoms with Gasteiger partial charge in [0.1, 0.15) is 11.8 Å². The molecule has 1 saturated heterocycles. The number of amides is 3. The number of hydrogen-bond donors (Lipinski definition) is 3. The number of carbonyl (C=O) groups is 2. The van der Waals surface area contributed by atoms with E-state index in [0.29, 0.717) is 23.6 Å². The van der Waals surface area contributed by atoms with Gasteiger partial charge in [-0.1, -0.05) is 11.2 Å². The van der Waals surface area contributed by atoms with Crippen molar-refractivity contribution in [3.05, 3.63) is 53.2 Å². The minimum atomic E-state index is -0.780. The van der Waals surface area contributed by atoms with Gasteiger partial charge >= 0.3 is 6.03 Å². The molecule has 4 rings (SSSR count). The zero-order valence-electron chi connectivity index (χ0n) is 15.8. The molecule has 0 radical (unpaired) electrons. The van der Waals surface area contributed by atoms with E-state index in [-0.39, 0.29) is 17.9 Å². The summed E-state index contributed by atoms with van der Waals surface area (Å²) in [6.07, 6.45) is 3.24. The fraction of sp³-hybridized carbons (Fsp3) is 0.263. The van der Waals surface area contributed by atoms with Gasteiger partial charge in [0, 0.05) is 18.2 Å². The maximum absolute atomic E-state index is 12.8. The summed E-state index contributed by atoms with van der Waals surface area (Å²) in [6, 6.07) is 2.96. The van der Waals surface area contributed by atoms with E-state index in [4.69, 9.17) is 4.52 Å². The van der Waals surface area contributed by atoms with Gasteiger partial charge < -0.3 is 20.1 Å². The molecule has 2 aromatic heterocycles. The monoisotopic (exact) mass is 397 g/mol. The van der Waals surface area contributed by atoms with Crippen LogP contribution in [0.2, 0.25) is 0 Å². The minimum absolute atomic E-state index is 0.183. The van der Waals surface area contributed by atoms with Crippen LogP contribution in [-0.2, 0) is 17.8 Å². The molecule has 10 nitrogen and oxygen atoms in total. The summed E-state index contributed by atoms with van der Waals surface area (Å²) in [5, 5.41) is 29.8. The number of hydrogen-bond acceptors (Lipinski definition) is 7. The Labute approximate surface area is 165 Å². The summed E-state index contributed by atoms with van der Waals surface area (Å²) in [5.74, 6) is -0.259. The number of urea groups is 1. The first kappa shape index (κ1) is 18.5. The molecule has 1 aliphatic heterocycles. The number of rotatable bonds is 5. The third-order valence-corrected chi connectivity index (χ3v) is 4.88. The van der Waals surface area contributed by atoms with E-state index in [1.807, 2.05) is 13.8 Å². The van der Waals surface area contributed by atoms with Crippen LogP contribution in [0.5, 0.6) is 11.5 Å². The Kier molecular flexibility index (Phi) is 4.45. The SMILES string of the molecule is Cc1noc(C)c1Cn1cc(N2C(=O)NC(Cc3ccc(O)c(O)c3)C2=O)cn1. The van der Waals surface area contributed by atoms with Gasteiger partial charge in [0.15, 0.2) is 11.5 Å². The van der Waals surface area contributed by atoms with E-state index in [2.05, 4.69) is 15.6 Å². The number of aromatic hydroxyl groups is 2. The number of aromatic nitrogens is 3. The summed E-state index contributed by atoms with van der Waals surface area (Å²) < 4.78 is 6.75. The zero-order valence-corrected chi connectivity index (χ0v) is 15.8. The summed E-state index contributed by atoms with van der Waals surface area (Å²) in [4.78, 5) is 26.2. The third kappa shape index (κ3) is 3.40. The van der Waals surface area contributed by atoms with Crippen molar-refractivity contribution in [2.24, 2.45) is 0 Å². The molecular formula is C19H19N5O5. The highest BCUT2D eigenvalue weighted by Gasteiger charge is 2.39. The molecule has 29 heavy (non-hydrogen) atoms. The number of phenols is 2. The number of benzene rings is 1. The van der Waals surface area contributed by atoms with E-state index in [0.717, 1.165) is 16.2 Å². The molecule has 1 aromatic carbocycles. The smallest absolute Gasteiger partial charge is 0.329 e. The lowest BCUT2D eigenvalue weighted by molar-refractivity contribution is -0.118. The first-order valence-corrected chi connectivity index (χ1v) is 8.93. The predicted octanol–water partition coefficient (Wildman–Crippen LogP) is 1.61. The second kappa shape index (κ2) is 6.97. The maximum Gasteiger partial charge on any atom is 0.329 e. The molecule has 3 heterocycles. The van der Waals surface area contributed by atoms with E-state index in [1.165, 1.54) is 18.3 Å². The first-order chi connectivity index (χ1) is 13.8. The van der Waals surface area contributed by atoms with Crippen LogP contribution >= 0.6 is 0 Å². The van der Waals surface area contributed by atoms with E-state index >= 15 is 0 Å². The van der Waals surface area contributed by atoms with Crippen molar-refractivity contribution >= 4 is 17.6 Å². The fourth-order valence-corrected chi connectivity index (χ4v) is 3.29. The van der Waals surface area contributed by atoms with Gasteiger partial charge in [-0.2, -0.15) is 5.10 Å². The van der Waals surface area contributed by atoms with Gasteiger partial charge in [0.05, 0.1) is 24.1 Å². The lowest BCUT2D eigenvalue weighted by atomic mass is 10.1. The van der Waals surface area contributed by atoms with Crippen LogP contribution in [0.3, 0.4) is 0 Å². The number of phenolic OH excluding ortho intramolecular Hbond substituents is 2. The van der Waals surface area contributed by atoms with Gasteiger partial charge in [-0.05, 0) is 31.5 Å². The Morgan fingerprint density at radius 1 is 1.21 bits per heavy atom. The lowest BCUT2D eigenvalue weighted by Gasteiger charge is -2.11. The van der Waals surface area contributed by atoms with Crippen molar-refractivity contribution in [2.75, 3.05) is 4.90 Å². The van der Waals surface area contributed by atoms with Crippen molar-refractivity contribution in [3.8, 4) is 11.5 Å². The molecule has 0 spiro atoms. The van der Waals surface area contributed by atoms with E-state index in [9.17, 15) is 19.8 Å². The Balaban J connectivity index is 1.50. The highest BCUT2D eigenvalue weighted by Crippen LogP contribution is 2.27. The maximum atomic E-state index is 12.8. The van der Waals surface area contributed by atoms with E-state index < -0.39 is 18.0 Å². The molecule has 150 valence electrons. The standard InChI is InChI=1S/C19H19N5O5/c1-10-14(11(2)29-22-10)9-23-8-13(7-20-23)24-18(27)15(21-19(24)28)5-12-3-4-16(25)17(26)6-12/h3-4,6-8,15,25-26H,5,9H2,1-2H3,(H,21,28). The number of nitrogens with one attached hydrogen (secondary N) is 1. The molecule has 3 aromatic rings. The minimum Gasteiger partial charge on any atom is -0.504 e. The van der Waals surface area contributed by atoms with Gasteiger partial charge in [-0.15, -0.1) is 0 Å². The topological polar surface area (TPSA) is 134 Å². The lowest BCUT2D eigenvalue weighted by Crippen LogP contribution is -2.32. The molecule has 3 N–H and O–H groups in total. The Bertz CT molecular complexity index is 1080. The molecule has 0 aliphatic carbocycles. The van der Waals surface area contributed by atoms with Crippen molar-refractivity contribution in [1.82, 2.24) is 20.3 Å². The molecule has 1 atom stereocenters. The largest absolute Gasteiger partial charge is 0.504 e. The molecule has 1 aliphatic rings. The molecule has 3 amide bonds. The molecular weight excluding hydrogens is 378 g/mol. The molecule has 1 fully saturated rings. The van der Waals surface area contributed by atoms with Crippen LogP contribution in [0.15, 0.2) is 35.1 Å². The fourth-order valence-electron chi connectivity index (χ4n) is 3.29. The van der Waals surface area contributed by atoms with Gasteiger partial charge in [0.2, 0.25) is 0 Å². The number of aryl methyl sites for hydroxylation is 2. The molecule has 1 unspecified atom stereocenters. The van der Waals surface area contributed by atoms with Gasteiger partial charge in [-0.3, -0.25) is 9.48 Å². The summed E-state index contributed by atoms with van der Waals surface area (Å²) in [7, 11) is 0. The number of imide groups is 1. The second-order valence-electron chi connectivity index (χ2n) is 6.90.